The third-order valence-electron chi connectivity index (χ3n) is 2.84. The van der Waals surface area contributed by atoms with Crippen LogP contribution in [-0.4, -0.2) is 21.0 Å². The number of carbonyl (C=O) groups is 1. The van der Waals surface area contributed by atoms with Crippen LogP contribution in [0.25, 0.3) is 0 Å². The summed E-state index contributed by atoms with van der Waals surface area (Å²) < 4.78 is 0.363. The van der Waals surface area contributed by atoms with Crippen LogP contribution in [0.4, 0.5) is 0 Å². The van der Waals surface area contributed by atoms with Gasteiger partial charge in [0.2, 0.25) is 0 Å². The smallest absolute Gasteiger partial charge is 0.339 e. The Balaban J connectivity index is 2.46. The van der Waals surface area contributed by atoms with Crippen molar-refractivity contribution >= 4 is 18.2 Å². The fourth-order valence-electron chi connectivity index (χ4n) is 2.11. The third kappa shape index (κ3) is 2.07. The van der Waals surface area contributed by atoms with Gasteiger partial charge in [-0.25, -0.2) is 9.78 Å². The molecule has 5 heteroatoms. The maximum Gasteiger partial charge on any atom is 0.339 e. The van der Waals surface area contributed by atoms with Gasteiger partial charge in [0, 0.05) is 11.9 Å². The first kappa shape index (κ1) is 10.3. The lowest BCUT2D eigenvalue weighted by Crippen LogP contribution is -2.09. The van der Waals surface area contributed by atoms with E-state index in [1.165, 1.54) is 6.20 Å². The van der Waals surface area contributed by atoms with Crippen LogP contribution >= 0.6 is 12.2 Å². The van der Waals surface area contributed by atoms with E-state index in [2.05, 4.69) is 9.97 Å². The van der Waals surface area contributed by atoms with Gasteiger partial charge >= 0.3 is 5.97 Å². The molecule has 2 N–H and O–H groups in total. The molecular weight excluding hydrogens is 212 g/mol. The van der Waals surface area contributed by atoms with Crippen molar-refractivity contribution in [2.75, 3.05) is 0 Å². The lowest BCUT2D eigenvalue weighted by atomic mass is 10.00. The third-order valence-corrected chi connectivity index (χ3v) is 3.04. The number of carboxylic acids is 1. The predicted molar refractivity (Wildman–Crippen MR) is 57.6 cm³/mol. The summed E-state index contributed by atoms with van der Waals surface area (Å²) in [5.41, 5.74) is 1.01. The highest BCUT2D eigenvalue weighted by Gasteiger charge is 2.23. The predicted octanol–water partition coefficient (Wildman–Crippen LogP) is 2.49. The van der Waals surface area contributed by atoms with Gasteiger partial charge < -0.3 is 10.1 Å². The number of H-pyrrole nitrogens is 1. The zero-order valence-corrected chi connectivity index (χ0v) is 9.01. The van der Waals surface area contributed by atoms with Crippen LogP contribution < -0.4 is 0 Å². The molecule has 1 aromatic heterocycles. The Kier molecular flexibility index (Phi) is 2.81. The maximum absolute atomic E-state index is 11.0. The molecule has 1 aliphatic carbocycles. The fraction of sp³-hybridized carbons (Fsp3) is 0.500. The van der Waals surface area contributed by atoms with Gasteiger partial charge in [0.05, 0.1) is 5.56 Å². The molecule has 0 aliphatic heterocycles. The van der Waals surface area contributed by atoms with Gasteiger partial charge in [0.1, 0.15) is 0 Å². The summed E-state index contributed by atoms with van der Waals surface area (Å²) in [4.78, 5) is 17.7. The van der Waals surface area contributed by atoms with E-state index in [1.807, 2.05) is 0 Å². The molecule has 80 valence electrons. The second kappa shape index (κ2) is 4.10. The number of aromatic carboxylic acids is 1. The van der Waals surface area contributed by atoms with E-state index in [0.29, 0.717) is 10.7 Å². The summed E-state index contributed by atoms with van der Waals surface area (Å²) in [6.07, 6.45) is 5.75. The standard InChI is InChI=1S/C10H12N2O2S/c13-9(14)7-5-11-10(15)12-8(7)6-3-1-2-4-6/h5-6H,1-4H2,(H,13,14)(H,11,12,15). The van der Waals surface area contributed by atoms with E-state index in [4.69, 9.17) is 17.3 Å². The molecule has 0 saturated heterocycles. The summed E-state index contributed by atoms with van der Waals surface area (Å²) in [5, 5.41) is 9.02. The summed E-state index contributed by atoms with van der Waals surface area (Å²) in [5.74, 6) is -0.628. The van der Waals surface area contributed by atoms with Crippen LogP contribution in [0.2, 0.25) is 0 Å². The highest BCUT2D eigenvalue weighted by molar-refractivity contribution is 7.71. The molecule has 2 rings (SSSR count). The molecule has 1 saturated carbocycles. The molecule has 1 aromatic rings. The molecule has 0 bridgehead atoms. The molecule has 0 atom stereocenters. The number of hydrogen-bond acceptors (Lipinski definition) is 3. The number of nitrogens with one attached hydrogen (secondary N) is 1. The number of carboxylic acid groups (broad SMARTS) is 1. The summed E-state index contributed by atoms with van der Waals surface area (Å²) in [6.45, 7) is 0. The van der Waals surface area contributed by atoms with Crippen molar-refractivity contribution in [2.45, 2.75) is 31.6 Å². The minimum atomic E-state index is -0.935. The Hall–Kier alpha value is -1.23. The Labute approximate surface area is 92.4 Å². The van der Waals surface area contributed by atoms with E-state index in [-0.39, 0.29) is 5.56 Å². The first-order valence-corrected chi connectivity index (χ1v) is 5.42. The molecule has 0 aromatic carbocycles. The Bertz CT molecular complexity index is 435. The molecule has 4 nitrogen and oxygen atoms in total. The zero-order chi connectivity index (χ0) is 10.8. The first-order valence-electron chi connectivity index (χ1n) is 5.01. The molecule has 0 unspecified atom stereocenters. The fourth-order valence-corrected chi connectivity index (χ4v) is 2.28. The number of nitrogens with zero attached hydrogens (tertiary/aromatic N) is 1. The molecule has 1 fully saturated rings. The normalized spacial score (nSPS) is 16.8. The second-order valence-electron chi connectivity index (χ2n) is 3.80. The van der Waals surface area contributed by atoms with E-state index in [0.717, 1.165) is 31.4 Å². The van der Waals surface area contributed by atoms with E-state index >= 15 is 0 Å². The first-order chi connectivity index (χ1) is 7.18. The van der Waals surface area contributed by atoms with E-state index in [1.54, 1.807) is 0 Å². The molecule has 0 spiro atoms. The van der Waals surface area contributed by atoms with Crippen LogP contribution in [0.3, 0.4) is 0 Å². The second-order valence-corrected chi connectivity index (χ2v) is 4.19. The van der Waals surface area contributed by atoms with Gasteiger partial charge in [-0.05, 0) is 31.0 Å². The summed E-state index contributed by atoms with van der Waals surface area (Å²) in [7, 11) is 0. The molecular formula is C10H12N2O2S. The number of aromatic amines is 1. The van der Waals surface area contributed by atoms with Gasteiger partial charge in [0.15, 0.2) is 4.77 Å². The Morgan fingerprint density at radius 2 is 2.20 bits per heavy atom. The van der Waals surface area contributed by atoms with E-state index < -0.39 is 5.97 Å². The van der Waals surface area contributed by atoms with Crippen molar-refractivity contribution in [3.8, 4) is 0 Å². The number of aromatic nitrogens is 2. The lowest BCUT2D eigenvalue weighted by molar-refractivity contribution is 0.0694. The van der Waals surface area contributed by atoms with Crippen molar-refractivity contribution in [1.29, 1.82) is 0 Å². The van der Waals surface area contributed by atoms with Gasteiger partial charge in [0.25, 0.3) is 0 Å². The molecule has 0 radical (unpaired) electrons. The molecule has 1 heterocycles. The number of rotatable bonds is 2. The quantitative estimate of drug-likeness (QED) is 0.757. The van der Waals surface area contributed by atoms with Crippen LogP contribution in [0.1, 0.15) is 47.7 Å². The van der Waals surface area contributed by atoms with Crippen LogP contribution in [-0.2, 0) is 0 Å². The van der Waals surface area contributed by atoms with Gasteiger partial charge in [-0.3, -0.25) is 0 Å². The average Bonchev–Trinajstić information content (AvgIpc) is 2.69. The monoisotopic (exact) mass is 224 g/mol. The van der Waals surface area contributed by atoms with Crippen LogP contribution in [0.15, 0.2) is 6.20 Å². The van der Waals surface area contributed by atoms with Crippen LogP contribution in [0.5, 0.6) is 0 Å². The van der Waals surface area contributed by atoms with Gasteiger partial charge in [-0.1, -0.05) is 12.8 Å². The number of hydrogen-bond donors (Lipinski definition) is 2. The summed E-state index contributed by atoms with van der Waals surface area (Å²) in [6, 6.07) is 0. The van der Waals surface area contributed by atoms with Crippen LogP contribution in [0, 0.1) is 4.77 Å². The minimum Gasteiger partial charge on any atom is -0.478 e. The largest absolute Gasteiger partial charge is 0.478 e. The SMILES string of the molecule is O=C(O)c1cnc(=S)[nH]c1C1CCCC1. The average molecular weight is 224 g/mol. The molecule has 1 aliphatic rings. The van der Waals surface area contributed by atoms with Gasteiger partial charge in [-0.2, -0.15) is 0 Å². The Morgan fingerprint density at radius 3 is 2.80 bits per heavy atom. The minimum absolute atomic E-state index is 0.260. The van der Waals surface area contributed by atoms with Crippen molar-refractivity contribution in [1.82, 2.24) is 9.97 Å². The zero-order valence-electron chi connectivity index (χ0n) is 8.19. The van der Waals surface area contributed by atoms with Crippen molar-refractivity contribution < 1.29 is 9.90 Å². The lowest BCUT2D eigenvalue weighted by Gasteiger charge is -2.11. The van der Waals surface area contributed by atoms with Gasteiger partial charge in [-0.15, -0.1) is 0 Å². The van der Waals surface area contributed by atoms with Crippen molar-refractivity contribution in [3.05, 3.63) is 22.2 Å². The maximum atomic E-state index is 11.0. The highest BCUT2D eigenvalue weighted by atomic mass is 32.1. The highest BCUT2D eigenvalue weighted by Crippen LogP contribution is 2.34. The van der Waals surface area contributed by atoms with Crippen molar-refractivity contribution in [2.24, 2.45) is 0 Å². The Morgan fingerprint density at radius 1 is 1.53 bits per heavy atom. The summed E-state index contributed by atoms with van der Waals surface area (Å²) >= 11 is 4.92. The molecule has 0 amide bonds. The topological polar surface area (TPSA) is 66.0 Å². The van der Waals surface area contributed by atoms with Crippen molar-refractivity contribution in [3.63, 3.8) is 0 Å². The molecule has 15 heavy (non-hydrogen) atoms. The van der Waals surface area contributed by atoms with E-state index in [9.17, 15) is 4.79 Å².